The zero-order valence-electron chi connectivity index (χ0n) is 18.1. The van der Waals surface area contributed by atoms with Crippen molar-refractivity contribution in [1.29, 1.82) is 0 Å². The highest BCUT2D eigenvalue weighted by molar-refractivity contribution is 5.80. The van der Waals surface area contributed by atoms with E-state index in [1.807, 2.05) is 32.7 Å². The third-order valence-electron chi connectivity index (χ3n) is 6.14. The van der Waals surface area contributed by atoms with Crippen LogP contribution >= 0.6 is 0 Å². The smallest absolute Gasteiger partial charge is 0.410 e. The largest absolute Gasteiger partial charge is 0.444 e. The first-order chi connectivity index (χ1) is 13.3. The molecule has 7 heteroatoms. The molecule has 3 fully saturated rings. The number of likely N-dealkylation sites (tertiary alicyclic amines) is 2. The molecule has 28 heavy (non-hydrogen) atoms. The summed E-state index contributed by atoms with van der Waals surface area (Å²) in [4.78, 5) is 21.1. The van der Waals surface area contributed by atoms with Gasteiger partial charge in [0.15, 0.2) is 5.96 Å². The van der Waals surface area contributed by atoms with Crippen LogP contribution in [0, 0.1) is 11.3 Å². The first-order valence-electron chi connectivity index (χ1n) is 10.8. The van der Waals surface area contributed by atoms with Gasteiger partial charge in [-0.25, -0.2) is 4.79 Å². The molecule has 0 aromatic heterocycles. The monoisotopic (exact) mass is 394 g/mol. The van der Waals surface area contributed by atoms with Crippen molar-refractivity contribution in [1.82, 2.24) is 15.1 Å². The number of rotatable bonds is 3. The molecule has 7 nitrogen and oxygen atoms in total. The molecule has 0 aromatic rings. The standard InChI is InChI=1S/C21H38N4O3/c1-20(2,3)28-19(26)24-11-5-6-17(14-24)7-10-23-18(22-4)25-12-8-21(15-25)9-13-27-16-21/h17H,5-16H2,1-4H3,(H,22,23). The second-order valence-corrected chi connectivity index (χ2v) is 9.67. The summed E-state index contributed by atoms with van der Waals surface area (Å²) in [7, 11) is 1.86. The summed E-state index contributed by atoms with van der Waals surface area (Å²) in [6.07, 6.45) is 5.45. The second-order valence-electron chi connectivity index (χ2n) is 9.67. The van der Waals surface area contributed by atoms with E-state index in [1.54, 1.807) is 0 Å². The molecule has 2 atom stereocenters. The van der Waals surface area contributed by atoms with E-state index in [9.17, 15) is 4.79 Å². The summed E-state index contributed by atoms with van der Waals surface area (Å²) in [5.41, 5.74) is -0.0928. The Kier molecular flexibility index (Phi) is 6.73. The molecule has 1 N–H and O–H groups in total. The highest BCUT2D eigenvalue weighted by Crippen LogP contribution is 2.38. The number of nitrogens with zero attached hydrogens (tertiary/aromatic N) is 3. The molecule has 2 unspecified atom stereocenters. The fraction of sp³-hybridized carbons (Fsp3) is 0.905. The predicted molar refractivity (Wildman–Crippen MR) is 111 cm³/mol. The number of carbonyl (C=O) groups is 1. The first-order valence-corrected chi connectivity index (χ1v) is 10.8. The molecular weight excluding hydrogens is 356 g/mol. The van der Waals surface area contributed by atoms with E-state index in [4.69, 9.17) is 9.47 Å². The molecule has 0 aliphatic carbocycles. The van der Waals surface area contributed by atoms with E-state index in [1.165, 1.54) is 19.3 Å². The number of carbonyl (C=O) groups excluding carboxylic acids is 1. The Morgan fingerprint density at radius 3 is 2.79 bits per heavy atom. The van der Waals surface area contributed by atoms with Gasteiger partial charge in [0.05, 0.1) is 6.61 Å². The number of ether oxygens (including phenoxy) is 2. The van der Waals surface area contributed by atoms with Gasteiger partial charge in [-0.15, -0.1) is 0 Å². The lowest BCUT2D eigenvalue weighted by molar-refractivity contribution is 0.0162. The summed E-state index contributed by atoms with van der Waals surface area (Å²) in [6.45, 7) is 12.1. The minimum atomic E-state index is -0.435. The van der Waals surface area contributed by atoms with Gasteiger partial charge >= 0.3 is 6.09 Å². The molecule has 160 valence electrons. The maximum Gasteiger partial charge on any atom is 0.410 e. The third kappa shape index (κ3) is 5.52. The number of hydrogen-bond acceptors (Lipinski definition) is 4. The molecule has 1 amide bonds. The first kappa shape index (κ1) is 21.2. The highest BCUT2D eigenvalue weighted by Gasteiger charge is 2.42. The Bertz CT molecular complexity index is 566. The van der Waals surface area contributed by atoms with Crippen molar-refractivity contribution < 1.29 is 14.3 Å². The summed E-state index contributed by atoms with van der Waals surface area (Å²) in [5.74, 6) is 1.52. The predicted octanol–water partition coefficient (Wildman–Crippen LogP) is 2.71. The third-order valence-corrected chi connectivity index (χ3v) is 6.14. The van der Waals surface area contributed by atoms with Crippen molar-refractivity contribution in [2.24, 2.45) is 16.3 Å². The Morgan fingerprint density at radius 2 is 2.11 bits per heavy atom. The van der Waals surface area contributed by atoms with Crippen LogP contribution in [-0.4, -0.2) is 80.4 Å². The lowest BCUT2D eigenvalue weighted by Crippen LogP contribution is -2.44. The number of aliphatic imine (C=N–C) groups is 1. The maximum atomic E-state index is 12.3. The summed E-state index contributed by atoms with van der Waals surface area (Å²) in [5, 5.41) is 3.55. The average Bonchev–Trinajstić information content (AvgIpc) is 3.28. The quantitative estimate of drug-likeness (QED) is 0.589. The maximum absolute atomic E-state index is 12.3. The van der Waals surface area contributed by atoms with Crippen LogP contribution in [0.1, 0.15) is 52.9 Å². The SMILES string of the molecule is CN=C(NCCC1CCCN(C(=O)OC(C)(C)C)C1)N1CCC2(CCOC2)C1. The molecule has 0 aromatic carbocycles. The molecule has 3 saturated heterocycles. The normalized spacial score (nSPS) is 28.9. The van der Waals surface area contributed by atoms with Crippen LogP contribution in [0.4, 0.5) is 4.79 Å². The lowest BCUT2D eigenvalue weighted by atomic mass is 9.87. The molecule has 3 aliphatic rings. The van der Waals surface area contributed by atoms with E-state index >= 15 is 0 Å². The Hall–Kier alpha value is -1.50. The summed E-state index contributed by atoms with van der Waals surface area (Å²) in [6, 6.07) is 0. The van der Waals surface area contributed by atoms with Crippen molar-refractivity contribution in [3.63, 3.8) is 0 Å². The molecule has 0 saturated carbocycles. The number of piperidine rings is 1. The van der Waals surface area contributed by atoms with Crippen LogP contribution in [0.2, 0.25) is 0 Å². The fourth-order valence-electron chi connectivity index (χ4n) is 4.60. The molecular formula is C21H38N4O3. The lowest BCUT2D eigenvalue weighted by Gasteiger charge is -2.34. The van der Waals surface area contributed by atoms with E-state index in [2.05, 4.69) is 15.2 Å². The minimum absolute atomic E-state index is 0.179. The highest BCUT2D eigenvalue weighted by atomic mass is 16.6. The summed E-state index contributed by atoms with van der Waals surface area (Å²) >= 11 is 0. The molecule has 0 bridgehead atoms. The van der Waals surface area contributed by atoms with Gasteiger partial charge in [0.1, 0.15) is 5.60 Å². The zero-order chi connectivity index (χ0) is 20.2. The zero-order valence-corrected chi connectivity index (χ0v) is 18.1. The Balaban J connectivity index is 1.42. The van der Waals surface area contributed by atoms with E-state index in [0.717, 1.165) is 64.7 Å². The van der Waals surface area contributed by atoms with Crippen molar-refractivity contribution in [3.05, 3.63) is 0 Å². The Labute approximate surface area is 169 Å². The number of amides is 1. The van der Waals surface area contributed by atoms with E-state index < -0.39 is 5.60 Å². The van der Waals surface area contributed by atoms with Gasteiger partial charge in [0, 0.05) is 51.8 Å². The van der Waals surface area contributed by atoms with Crippen molar-refractivity contribution in [2.45, 2.75) is 58.5 Å². The van der Waals surface area contributed by atoms with Crippen LogP contribution < -0.4 is 5.32 Å². The second kappa shape index (κ2) is 8.89. The molecule has 0 radical (unpaired) electrons. The average molecular weight is 395 g/mol. The van der Waals surface area contributed by atoms with Crippen molar-refractivity contribution in [3.8, 4) is 0 Å². The van der Waals surface area contributed by atoms with Crippen LogP contribution in [0.5, 0.6) is 0 Å². The topological polar surface area (TPSA) is 66.4 Å². The van der Waals surface area contributed by atoms with Crippen LogP contribution in [0.25, 0.3) is 0 Å². The Morgan fingerprint density at radius 1 is 1.29 bits per heavy atom. The van der Waals surface area contributed by atoms with Gasteiger partial charge in [0.2, 0.25) is 0 Å². The van der Waals surface area contributed by atoms with Gasteiger partial charge in [-0.05, 0) is 58.8 Å². The number of hydrogen-bond donors (Lipinski definition) is 1. The number of guanidine groups is 1. The molecule has 1 spiro atoms. The van der Waals surface area contributed by atoms with Crippen molar-refractivity contribution in [2.75, 3.05) is 53.0 Å². The molecule has 3 heterocycles. The van der Waals surface area contributed by atoms with Gasteiger partial charge in [0.25, 0.3) is 0 Å². The van der Waals surface area contributed by atoms with Gasteiger partial charge in [-0.3, -0.25) is 4.99 Å². The van der Waals surface area contributed by atoms with E-state index in [-0.39, 0.29) is 6.09 Å². The molecule has 3 aliphatic heterocycles. The van der Waals surface area contributed by atoms with Gasteiger partial charge < -0.3 is 24.6 Å². The summed E-state index contributed by atoms with van der Waals surface area (Å²) < 4.78 is 11.2. The van der Waals surface area contributed by atoms with Gasteiger partial charge in [-0.1, -0.05) is 0 Å². The van der Waals surface area contributed by atoms with Crippen LogP contribution in [-0.2, 0) is 9.47 Å². The minimum Gasteiger partial charge on any atom is -0.444 e. The molecule has 3 rings (SSSR count). The fourth-order valence-corrected chi connectivity index (χ4v) is 4.60. The van der Waals surface area contributed by atoms with Crippen molar-refractivity contribution >= 4 is 12.1 Å². The van der Waals surface area contributed by atoms with Gasteiger partial charge in [-0.2, -0.15) is 0 Å². The number of nitrogens with one attached hydrogen (secondary N) is 1. The van der Waals surface area contributed by atoms with Crippen LogP contribution in [0.3, 0.4) is 0 Å². The van der Waals surface area contributed by atoms with Crippen LogP contribution in [0.15, 0.2) is 4.99 Å². The van der Waals surface area contributed by atoms with E-state index in [0.29, 0.717) is 11.3 Å².